The molecule has 1 N–H and O–H groups in total. The molecule has 1 aromatic carbocycles. The fourth-order valence-corrected chi connectivity index (χ4v) is 3.13. The predicted octanol–water partition coefficient (Wildman–Crippen LogP) is 2.95. The van der Waals surface area contributed by atoms with Crippen LogP contribution in [-0.2, 0) is 14.9 Å². The Labute approximate surface area is 123 Å². The zero-order valence-electron chi connectivity index (χ0n) is 12.4. The summed E-state index contributed by atoms with van der Waals surface area (Å²) in [6.07, 6.45) is 3.64. The highest BCUT2D eigenvalue weighted by molar-refractivity contribution is 5.85. The number of imidazole rings is 1. The number of methoxy groups -OCH3 is 1. The van der Waals surface area contributed by atoms with Crippen molar-refractivity contribution in [3.8, 4) is 5.75 Å². The van der Waals surface area contributed by atoms with Gasteiger partial charge >= 0.3 is 5.97 Å². The van der Waals surface area contributed by atoms with Crippen LogP contribution in [0.1, 0.15) is 38.4 Å². The topological polar surface area (TPSA) is 64.2 Å². The molecule has 0 unspecified atom stereocenters. The lowest BCUT2D eigenvalue weighted by molar-refractivity contribution is -0.150. The molecule has 21 heavy (non-hydrogen) atoms. The van der Waals surface area contributed by atoms with E-state index in [0.29, 0.717) is 6.61 Å². The first-order valence-electron chi connectivity index (χ1n) is 7.41. The van der Waals surface area contributed by atoms with Crippen LogP contribution < -0.4 is 4.74 Å². The lowest BCUT2D eigenvalue weighted by atomic mass is 9.85. The van der Waals surface area contributed by atoms with Gasteiger partial charge in [-0.1, -0.05) is 12.8 Å². The van der Waals surface area contributed by atoms with Gasteiger partial charge in [0.1, 0.15) is 17.0 Å². The molecule has 0 amide bonds. The highest BCUT2D eigenvalue weighted by atomic mass is 16.5. The average Bonchev–Trinajstić information content (AvgIpc) is 3.14. The first-order chi connectivity index (χ1) is 10.2. The van der Waals surface area contributed by atoms with E-state index in [2.05, 4.69) is 9.97 Å². The normalized spacial score (nSPS) is 17.0. The van der Waals surface area contributed by atoms with E-state index in [0.717, 1.165) is 48.3 Å². The third-order valence-corrected chi connectivity index (χ3v) is 4.27. The van der Waals surface area contributed by atoms with Crippen LogP contribution in [0.3, 0.4) is 0 Å². The lowest BCUT2D eigenvalue weighted by Crippen LogP contribution is -2.35. The van der Waals surface area contributed by atoms with Gasteiger partial charge in [0.25, 0.3) is 0 Å². The summed E-state index contributed by atoms with van der Waals surface area (Å²) in [5.41, 5.74) is 1.13. The van der Waals surface area contributed by atoms with Crippen LogP contribution in [0.2, 0.25) is 0 Å². The summed E-state index contributed by atoms with van der Waals surface area (Å²) in [6.45, 7) is 2.23. The minimum absolute atomic E-state index is 0.159. The van der Waals surface area contributed by atoms with E-state index in [-0.39, 0.29) is 5.97 Å². The molecule has 1 fully saturated rings. The SMILES string of the molecule is CCOC(=O)C1(c2nc3ccc(OC)cc3[nH]2)CCCC1. The summed E-state index contributed by atoms with van der Waals surface area (Å²) in [4.78, 5) is 20.4. The van der Waals surface area contributed by atoms with Crippen molar-refractivity contribution in [1.82, 2.24) is 9.97 Å². The maximum atomic E-state index is 12.5. The fraction of sp³-hybridized carbons (Fsp3) is 0.500. The van der Waals surface area contributed by atoms with Crippen LogP contribution in [-0.4, -0.2) is 29.7 Å². The number of fused-ring (bicyclic) bond motifs is 1. The highest BCUT2D eigenvalue weighted by Crippen LogP contribution is 2.41. The second-order valence-corrected chi connectivity index (χ2v) is 5.48. The quantitative estimate of drug-likeness (QED) is 0.879. The van der Waals surface area contributed by atoms with Gasteiger partial charge in [-0.05, 0) is 31.9 Å². The van der Waals surface area contributed by atoms with Crippen molar-refractivity contribution in [2.75, 3.05) is 13.7 Å². The van der Waals surface area contributed by atoms with Crippen molar-refractivity contribution in [1.29, 1.82) is 0 Å². The van der Waals surface area contributed by atoms with E-state index >= 15 is 0 Å². The molecule has 0 spiro atoms. The lowest BCUT2D eigenvalue weighted by Gasteiger charge is -2.23. The van der Waals surface area contributed by atoms with Gasteiger partial charge in [0, 0.05) is 6.07 Å². The molecule has 3 rings (SSSR count). The summed E-state index contributed by atoms with van der Waals surface area (Å²) in [7, 11) is 1.63. The zero-order chi connectivity index (χ0) is 14.9. The van der Waals surface area contributed by atoms with Crippen LogP contribution >= 0.6 is 0 Å². The monoisotopic (exact) mass is 288 g/mol. The van der Waals surface area contributed by atoms with Crippen molar-refractivity contribution < 1.29 is 14.3 Å². The van der Waals surface area contributed by atoms with E-state index in [9.17, 15) is 4.79 Å². The Hall–Kier alpha value is -2.04. The fourth-order valence-electron chi connectivity index (χ4n) is 3.13. The van der Waals surface area contributed by atoms with Crippen LogP contribution in [0.15, 0.2) is 18.2 Å². The molecule has 0 radical (unpaired) electrons. The van der Waals surface area contributed by atoms with Crippen LogP contribution in [0.5, 0.6) is 5.75 Å². The third kappa shape index (κ3) is 2.26. The molecule has 5 heteroatoms. The highest BCUT2D eigenvalue weighted by Gasteiger charge is 2.46. The molecule has 0 atom stereocenters. The van der Waals surface area contributed by atoms with Crippen LogP contribution in [0, 0.1) is 0 Å². The number of aromatic amines is 1. The van der Waals surface area contributed by atoms with Gasteiger partial charge < -0.3 is 14.5 Å². The van der Waals surface area contributed by atoms with Crippen LogP contribution in [0.25, 0.3) is 11.0 Å². The van der Waals surface area contributed by atoms with Crippen molar-refractivity contribution in [3.05, 3.63) is 24.0 Å². The second-order valence-electron chi connectivity index (χ2n) is 5.48. The minimum Gasteiger partial charge on any atom is -0.497 e. The van der Waals surface area contributed by atoms with Crippen LogP contribution in [0.4, 0.5) is 0 Å². The molecule has 0 saturated heterocycles. The Bertz CT molecular complexity index is 657. The number of nitrogens with zero attached hydrogens (tertiary/aromatic N) is 1. The summed E-state index contributed by atoms with van der Waals surface area (Å²) in [6, 6.07) is 5.68. The van der Waals surface area contributed by atoms with E-state index < -0.39 is 5.41 Å². The van der Waals surface area contributed by atoms with Gasteiger partial charge in [-0.2, -0.15) is 0 Å². The third-order valence-electron chi connectivity index (χ3n) is 4.27. The molecule has 2 aromatic rings. The van der Waals surface area contributed by atoms with Crippen molar-refractivity contribution in [2.45, 2.75) is 38.0 Å². The smallest absolute Gasteiger partial charge is 0.319 e. The van der Waals surface area contributed by atoms with Crippen molar-refractivity contribution in [3.63, 3.8) is 0 Å². The summed E-state index contributed by atoms with van der Waals surface area (Å²) >= 11 is 0. The first-order valence-corrected chi connectivity index (χ1v) is 7.41. The molecule has 1 saturated carbocycles. The number of rotatable bonds is 4. The molecule has 1 heterocycles. The molecular weight excluding hydrogens is 268 g/mol. The van der Waals surface area contributed by atoms with Gasteiger partial charge in [-0.15, -0.1) is 0 Å². The molecule has 1 aliphatic carbocycles. The summed E-state index contributed by atoms with van der Waals surface area (Å²) in [5.74, 6) is 1.34. The van der Waals surface area contributed by atoms with Crippen molar-refractivity contribution in [2.24, 2.45) is 0 Å². The molecule has 1 aliphatic rings. The number of esters is 1. The molecular formula is C16H20N2O3. The number of aromatic nitrogens is 2. The molecule has 1 aromatic heterocycles. The molecule has 5 nitrogen and oxygen atoms in total. The number of benzene rings is 1. The number of hydrogen-bond donors (Lipinski definition) is 1. The maximum Gasteiger partial charge on any atom is 0.319 e. The Balaban J connectivity index is 2.05. The number of hydrogen-bond acceptors (Lipinski definition) is 4. The van der Waals surface area contributed by atoms with Gasteiger partial charge in [0.2, 0.25) is 0 Å². The Morgan fingerprint density at radius 1 is 1.38 bits per heavy atom. The summed E-state index contributed by atoms with van der Waals surface area (Å²) < 4.78 is 10.5. The van der Waals surface area contributed by atoms with Gasteiger partial charge in [0.15, 0.2) is 0 Å². The Kier molecular flexibility index (Phi) is 3.57. The zero-order valence-corrected chi connectivity index (χ0v) is 12.4. The standard InChI is InChI=1S/C16H20N2O3/c1-3-21-15(19)16(8-4-5-9-16)14-17-12-7-6-11(20-2)10-13(12)18-14/h6-7,10H,3-5,8-9H2,1-2H3,(H,17,18). The second kappa shape index (κ2) is 5.39. The maximum absolute atomic E-state index is 12.5. The number of ether oxygens (including phenoxy) is 2. The Morgan fingerprint density at radius 2 is 2.14 bits per heavy atom. The number of nitrogens with one attached hydrogen (secondary N) is 1. The van der Waals surface area contributed by atoms with Gasteiger partial charge in [-0.25, -0.2) is 4.98 Å². The first kappa shape index (κ1) is 13.9. The van der Waals surface area contributed by atoms with E-state index in [1.807, 2.05) is 25.1 Å². The van der Waals surface area contributed by atoms with E-state index in [1.165, 1.54) is 0 Å². The predicted molar refractivity (Wildman–Crippen MR) is 79.4 cm³/mol. The minimum atomic E-state index is -0.609. The summed E-state index contributed by atoms with van der Waals surface area (Å²) in [5, 5.41) is 0. The number of carbonyl (C=O) groups excluding carboxylic acids is 1. The van der Waals surface area contributed by atoms with Gasteiger partial charge in [0.05, 0.1) is 24.8 Å². The Morgan fingerprint density at radius 3 is 2.81 bits per heavy atom. The van der Waals surface area contributed by atoms with E-state index in [4.69, 9.17) is 9.47 Å². The number of H-pyrrole nitrogens is 1. The molecule has 0 bridgehead atoms. The average molecular weight is 288 g/mol. The molecule has 0 aliphatic heterocycles. The number of carbonyl (C=O) groups is 1. The van der Waals surface area contributed by atoms with E-state index in [1.54, 1.807) is 7.11 Å². The van der Waals surface area contributed by atoms with Gasteiger partial charge in [-0.3, -0.25) is 4.79 Å². The van der Waals surface area contributed by atoms with Crippen molar-refractivity contribution >= 4 is 17.0 Å². The molecule has 112 valence electrons. The largest absolute Gasteiger partial charge is 0.497 e.